The third kappa shape index (κ3) is 4.53. The van der Waals surface area contributed by atoms with Crippen LogP contribution in [-0.2, 0) is 11.3 Å². The zero-order valence-corrected chi connectivity index (χ0v) is 19.0. The quantitative estimate of drug-likeness (QED) is 0.580. The molecule has 0 bridgehead atoms. The van der Waals surface area contributed by atoms with Gasteiger partial charge in [0.05, 0.1) is 34.6 Å². The second kappa shape index (κ2) is 9.67. The van der Waals surface area contributed by atoms with E-state index in [1.165, 1.54) is 6.42 Å². The fraction of sp³-hybridized carbons (Fsp3) is 0.455. The summed E-state index contributed by atoms with van der Waals surface area (Å²) < 4.78 is 6.98. The molecule has 0 aromatic carbocycles. The van der Waals surface area contributed by atoms with Crippen LogP contribution in [0.25, 0.3) is 16.5 Å². The number of amides is 1. The highest BCUT2D eigenvalue weighted by Crippen LogP contribution is 2.26. The predicted molar refractivity (Wildman–Crippen MR) is 121 cm³/mol. The van der Waals surface area contributed by atoms with E-state index in [1.54, 1.807) is 35.5 Å². The zero-order valence-electron chi connectivity index (χ0n) is 18.2. The molecule has 4 heterocycles. The van der Waals surface area contributed by atoms with Gasteiger partial charge in [0.1, 0.15) is 0 Å². The number of aryl methyl sites for hydroxylation is 1. The first-order valence-corrected chi connectivity index (χ1v) is 11.5. The first kappa shape index (κ1) is 21.6. The van der Waals surface area contributed by atoms with Crippen LogP contribution in [0.1, 0.15) is 41.4 Å². The smallest absolute Gasteiger partial charge is 0.254 e. The minimum atomic E-state index is -0.146. The van der Waals surface area contributed by atoms with Crippen molar-refractivity contribution in [2.45, 2.75) is 39.3 Å². The van der Waals surface area contributed by atoms with Gasteiger partial charge in [-0.1, -0.05) is 13.0 Å². The maximum atomic E-state index is 13.0. The molecule has 1 saturated heterocycles. The van der Waals surface area contributed by atoms with Gasteiger partial charge in [-0.25, -0.2) is 9.97 Å². The van der Waals surface area contributed by atoms with Crippen LogP contribution >= 0.6 is 11.3 Å². The third-order valence-corrected chi connectivity index (χ3v) is 6.58. The molecule has 1 N–H and O–H groups in total. The molecule has 1 aliphatic rings. The molecule has 0 unspecified atom stereocenters. The van der Waals surface area contributed by atoms with Gasteiger partial charge in [-0.3, -0.25) is 9.69 Å². The number of likely N-dealkylation sites (tertiary alicyclic amines) is 1. The second-order valence-electron chi connectivity index (χ2n) is 7.66. The summed E-state index contributed by atoms with van der Waals surface area (Å²) in [6.07, 6.45) is 5.65. The van der Waals surface area contributed by atoms with Crippen LogP contribution in [0.4, 0.5) is 0 Å². The molecular formula is C22H28N6O2S. The fourth-order valence-corrected chi connectivity index (χ4v) is 4.84. The van der Waals surface area contributed by atoms with Crippen molar-refractivity contribution in [2.24, 2.45) is 0 Å². The van der Waals surface area contributed by atoms with E-state index in [4.69, 9.17) is 9.72 Å². The number of ether oxygens (including phenoxy) is 1. The summed E-state index contributed by atoms with van der Waals surface area (Å²) in [6, 6.07) is 4.42. The van der Waals surface area contributed by atoms with Gasteiger partial charge < -0.3 is 10.1 Å². The van der Waals surface area contributed by atoms with Gasteiger partial charge in [-0.15, -0.1) is 11.3 Å². The summed E-state index contributed by atoms with van der Waals surface area (Å²) in [5.41, 5.74) is 2.98. The fourth-order valence-electron chi connectivity index (χ4n) is 4.06. The van der Waals surface area contributed by atoms with Crippen LogP contribution in [0.3, 0.4) is 0 Å². The normalized spacial score (nSPS) is 16.7. The lowest BCUT2D eigenvalue weighted by molar-refractivity contribution is 0.0936. The lowest BCUT2D eigenvalue weighted by Crippen LogP contribution is -2.40. The van der Waals surface area contributed by atoms with Crippen LogP contribution in [0.15, 0.2) is 29.9 Å². The highest BCUT2D eigenvalue weighted by molar-refractivity contribution is 7.13. The van der Waals surface area contributed by atoms with Gasteiger partial charge in [0, 0.05) is 25.9 Å². The lowest BCUT2D eigenvalue weighted by atomic mass is 10.2. The minimum Gasteiger partial charge on any atom is -0.378 e. The van der Waals surface area contributed by atoms with Crippen LogP contribution in [0, 0.1) is 6.92 Å². The number of hydrogen-bond donors (Lipinski definition) is 1. The van der Waals surface area contributed by atoms with Crippen LogP contribution in [0.2, 0.25) is 0 Å². The molecule has 1 fully saturated rings. The van der Waals surface area contributed by atoms with Gasteiger partial charge in [-0.05, 0) is 49.9 Å². The Hall–Kier alpha value is -2.62. The van der Waals surface area contributed by atoms with E-state index < -0.39 is 0 Å². The molecule has 0 aliphatic carbocycles. The highest BCUT2D eigenvalue weighted by atomic mass is 32.1. The average Bonchev–Trinajstić information content (AvgIpc) is 3.53. The molecule has 0 saturated carbocycles. The number of rotatable bonds is 8. The van der Waals surface area contributed by atoms with E-state index in [1.807, 2.05) is 24.4 Å². The van der Waals surface area contributed by atoms with Crippen molar-refractivity contribution < 1.29 is 9.53 Å². The second-order valence-corrected chi connectivity index (χ2v) is 8.61. The number of carbonyl (C=O) groups is 1. The van der Waals surface area contributed by atoms with Crippen molar-refractivity contribution in [3.8, 4) is 16.5 Å². The zero-order chi connectivity index (χ0) is 21.8. The van der Waals surface area contributed by atoms with Gasteiger partial charge in [0.2, 0.25) is 0 Å². The van der Waals surface area contributed by atoms with E-state index in [0.29, 0.717) is 29.8 Å². The van der Waals surface area contributed by atoms with Crippen molar-refractivity contribution in [3.05, 3.63) is 46.7 Å². The molecule has 164 valence electrons. The Morgan fingerprint density at radius 1 is 1.39 bits per heavy atom. The van der Waals surface area contributed by atoms with Crippen molar-refractivity contribution in [2.75, 3.05) is 26.7 Å². The van der Waals surface area contributed by atoms with E-state index in [0.717, 1.165) is 35.6 Å². The molecule has 0 spiro atoms. The molecular weight excluding hydrogens is 412 g/mol. The Balaban J connectivity index is 1.59. The maximum absolute atomic E-state index is 13.0. The summed E-state index contributed by atoms with van der Waals surface area (Å²) in [4.78, 5) is 25.6. The average molecular weight is 441 g/mol. The predicted octanol–water partition coefficient (Wildman–Crippen LogP) is 3.06. The Morgan fingerprint density at radius 2 is 2.26 bits per heavy atom. The van der Waals surface area contributed by atoms with Gasteiger partial charge in [0.25, 0.3) is 11.9 Å². The van der Waals surface area contributed by atoms with Gasteiger partial charge in [-0.2, -0.15) is 9.78 Å². The van der Waals surface area contributed by atoms with E-state index in [-0.39, 0.29) is 12.5 Å². The van der Waals surface area contributed by atoms with E-state index in [9.17, 15) is 4.79 Å². The molecule has 8 nitrogen and oxygen atoms in total. The van der Waals surface area contributed by atoms with Crippen molar-refractivity contribution in [3.63, 3.8) is 0 Å². The molecule has 31 heavy (non-hydrogen) atoms. The lowest BCUT2D eigenvalue weighted by Gasteiger charge is -2.22. The first-order valence-electron chi connectivity index (χ1n) is 10.6. The Bertz CT molecular complexity index is 1030. The van der Waals surface area contributed by atoms with E-state index in [2.05, 4.69) is 27.2 Å². The van der Waals surface area contributed by atoms with Crippen LogP contribution in [0.5, 0.6) is 0 Å². The summed E-state index contributed by atoms with van der Waals surface area (Å²) in [5, 5.41) is 9.54. The monoisotopic (exact) mass is 440 g/mol. The van der Waals surface area contributed by atoms with E-state index >= 15 is 0 Å². The summed E-state index contributed by atoms with van der Waals surface area (Å²) in [5.74, 6) is 0.278. The number of likely N-dealkylation sites (N-methyl/N-ethyl adjacent to an activating group) is 1. The largest absolute Gasteiger partial charge is 0.378 e. The standard InChI is InChI=1S/C22H28N6O2S/c1-4-27-9-5-7-16(27)12-23-21(29)17-13-25-28(18(17)14-30-3)22-24-11-15(2)20(26-22)19-8-6-10-31-19/h6,8,10-11,13,16H,4-5,7,9,12,14H2,1-3H3,(H,23,29)/t16-/m0/s1. The molecule has 0 radical (unpaired) electrons. The number of methoxy groups -OCH3 is 1. The maximum Gasteiger partial charge on any atom is 0.254 e. The number of carbonyl (C=O) groups excluding carboxylic acids is 1. The Labute approximate surface area is 186 Å². The molecule has 1 amide bonds. The SMILES string of the molecule is CCN1CCC[C@H]1CNC(=O)c1cnn(-c2ncc(C)c(-c3cccs3)n2)c1COC. The molecule has 4 rings (SSSR count). The Kier molecular flexibility index (Phi) is 6.74. The van der Waals surface area contributed by atoms with Crippen molar-refractivity contribution >= 4 is 17.2 Å². The van der Waals surface area contributed by atoms with Gasteiger partial charge >= 0.3 is 0 Å². The number of aromatic nitrogens is 4. The number of nitrogens with one attached hydrogen (secondary N) is 1. The van der Waals surface area contributed by atoms with Crippen LogP contribution < -0.4 is 5.32 Å². The summed E-state index contributed by atoms with van der Waals surface area (Å²) >= 11 is 1.63. The molecule has 9 heteroatoms. The topological polar surface area (TPSA) is 85.2 Å². The third-order valence-electron chi connectivity index (χ3n) is 5.70. The van der Waals surface area contributed by atoms with Crippen molar-refractivity contribution in [1.29, 1.82) is 0 Å². The van der Waals surface area contributed by atoms with Crippen molar-refractivity contribution in [1.82, 2.24) is 30.0 Å². The number of thiophene rings is 1. The summed E-state index contributed by atoms with van der Waals surface area (Å²) in [6.45, 7) is 7.12. The molecule has 3 aromatic heterocycles. The number of nitrogens with zero attached hydrogens (tertiary/aromatic N) is 5. The molecule has 1 atom stereocenters. The first-order chi connectivity index (χ1) is 15.1. The molecule has 3 aromatic rings. The minimum absolute atomic E-state index is 0.146. The Morgan fingerprint density at radius 3 is 3.00 bits per heavy atom. The van der Waals surface area contributed by atoms with Crippen LogP contribution in [-0.4, -0.2) is 63.3 Å². The number of hydrogen-bond acceptors (Lipinski definition) is 7. The molecule has 1 aliphatic heterocycles. The van der Waals surface area contributed by atoms with Gasteiger partial charge in [0.15, 0.2) is 0 Å². The highest BCUT2D eigenvalue weighted by Gasteiger charge is 2.25. The summed E-state index contributed by atoms with van der Waals surface area (Å²) in [7, 11) is 1.60.